The second-order valence-electron chi connectivity index (χ2n) is 9.95. The number of aromatic nitrogens is 1. The third kappa shape index (κ3) is 4.18. The number of fused-ring (bicyclic) bond motifs is 2. The van der Waals surface area contributed by atoms with Gasteiger partial charge in [-0.15, -0.1) is 0 Å². The summed E-state index contributed by atoms with van der Waals surface area (Å²) in [6.45, 7) is 2.81. The first-order valence-electron chi connectivity index (χ1n) is 12.4. The first kappa shape index (κ1) is 22.5. The van der Waals surface area contributed by atoms with E-state index in [1.807, 2.05) is 49.4 Å². The van der Waals surface area contributed by atoms with Crippen molar-refractivity contribution in [1.29, 1.82) is 0 Å². The van der Waals surface area contributed by atoms with E-state index in [4.69, 9.17) is 0 Å². The summed E-state index contributed by atoms with van der Waals surface area (Å²) in [5.41, 5.74) is 1.63. The standard InChI is InChI=1S/C27H34N2O3S/c1-20-9-2-7-15-26(20)33(31,32)29-19-22(23-12-4-6-14-25(23)29)16-17-27(30)28-18-8-11-21-10-3-5-13-24(21)28/h2,4,6-7,9,12,14-15,19-21,24,26H,3,5,8,10-11,13,16-18H2,1H3. The lowest BCUT2D eigenvalue weighted by molar-refractivity contribution is -0.137. The van der Waals surface area contributed by atoms with Gasteiger partial charge in [-0.2, -0.15) is 0 Å². The minimum atomic E-state index is -3.61. The molecular weight excluding hydrogens is 432 g/mol. The van der Waals surface area contributed by atoms with E-state index in [1.54, 1.807) is 12.3 Å². The minimum Gasteiger partial charge on any atom is -0.339 e. The number of amides is 1. The van der Waals surface area contributed by atoms with Crippen LogP contribution in [0.25, 0.3) is 10.9 Å². The molecule has 176 valence electrons. The molecule has 5 nitrogen and oxygen atoms in total. The van der Waals surface area contributed by atoms with Crippen molar-refractivity contribution in [3.8, 4) is 0 Å². The largest absolute Gasteiger partial charge is 0.339 e. The van der Waals surface area contributed by atoms with Crippen molar-refractivity contribution < 1.29 is 13.2 Å². The molecule has 4 atom stereocenters. The van der Waals surface area contributed by atoms with Crippen LogP contribution in [-0.2, 0) is 21.2 Å². The van der Waals surface area contributed by atoms with Crippen molar-refractivity contribution in [3.05, 3.63) is 60.3 Å². The zero-order valence-electron chi connectivity index (χ0n) is 19.4. The van der Waals surface area contributed by atoms with Crippen LogP contribution in [0.1, 0.15) is 57.4 Å². The van der Waals surface area contributed by atoms with Gasteiger partial charge in [-0.05, 0) is 55.6 Å². The third-order valence-electron chi connectivity index (χ3n) is 7.90. The molecule has 4 unspecified atom stereocenters. The fourth-order valence-electron chi connectivity index (χ4n) is 6.15. The Labute approximate surface area is 197 Å². The van der Waals surface area contributed by atoms with Gasteiger partial charge in [0, 0.05) is 30.6 Å². The number of para-hydroxylation sites is 1. The first-order valence-corrected chi connectivity index (χ1v) is 13.9. The smallest absolute Gasteiger partial charge is 0.246 e. The summed E-state index contributed by atoms with van der Waals surface area (Å²) in [7, 11) is -3.61. The van der Waals surface area contributed by atoms with E-state index in [-0.39, 0.29) is 11.8 Å². The van der Waals surface area contributed by atoms with Gasteiger partial charge >= 0.3 is 0 Å². The Morgan fingerprint density at radius 1 is 1.03 bits per heavy atom. The second kappa shape index (κ2) is 9.13. The molecule has 5 rings (SSSR count). The Balaban J connectivity index is 1.39. The maximum Gasteiger partial charge on any atom is 0.246 e. The van der Waals surface area contributed by atoms with Gasteiger partial charge < -0.3 is 4.90 Å². The van der Waals surface area contributed by atoms with Gasteiger partial charge in [0.15, 0.2) is 0 Å². The highest BCUT2D eigenvalue weighted by Crippen LogP contribution is 2.36. The summed E-state index contributed by atoms with van der Waals surface area (Å²) in [6, 6.07) is 8.06. The van der Waals surface area contributed by atoms with Gasteiger partial charge in [-0.3, -0.25) is 4.79 Å². The van der Waals surface area contributed by atoms with E-state index in [0.29, 0.717) is 30.3 Å². The molecule has 1 aromatic heterocycles. The molecule has 1 saturated heterocycles. The summed E-state index contributed by atoms with van der Waals surface area (Å²) in [4.78, 5) is 15.4. The van der Waals surface area contributed by atoms with Crippen LogP contribution in [0.3, 0.4) is 0 Å². The number of hydrogen-bond acceptors (Lipinski definition) is 3. The number of aryl methyl sites for hydroxylation is 1. The lowest BCUT2D eigenvalue weighted by atomic mass is 9.78. The van der Waals surface area contributed by atoms with E-state index < -0.39 is 15.3 Å². The lowest BCUT2D eigenvalue weighted by Gasteiger charge is -2.44. The van der Waals surface area contributed by atoms with Crippen LogP contribution < -0.4 is 0 Å². The van der Waals surface area contributed by atoms with Gasteiger partial charge in [0.05, 0.1) is 5.52 Å². The van der Waals surface area contributed by atoms with Crippen LogP contribution >= 0.6 is 0 Å². The summed E-state index contributed by atoms with van der Waals surface area (Å²) < 4.78 is 28.6. The van der Waals surface area contributed by atoms with Gasteiger partial charge in [0.2, 0.25) is 15.9 Å². The van der Waals surface area contributed by atoms with Gasteiger partial charge in [-0.1, -0.05) is 62.3 Å². The molecule has 2 fully saturated rings. The zero-order chi connectivity index (χ0) is 23.0. The molecule has 1 aromatic carbocycles. The van der Waals surface area contributed by atoms with E-state index in [1.165, 1.54) is 29.7 Å². The fourth-order valence-corrected chi connectivity index (χ4v) is 8.04. The first-order chi connectivity index (χ1) is 16.0. The maximum absolute atomic E-state index is 13.6. The molecule has 3 aliphatic rings. The second-order valence-corrected chi connectivity index (χ2v) is 11.9. The van der Waals surface area contributed by atoms with Crippen LogP contribution in [0.2, 0.25) is 0 Å². The summed E-state index contributed by atoms with van der Waals surface area (Å²) in [5.74, 6) is 0.803. The topological polar surface area (TPSA) is 59.4 Å². The molecule has 0 bridgehead atoms. The Morgan fingerprint density at radius 3 is 2.64 bits per heavy atom. The predicted octanol–water partition coefficient (Wildman–Crippen LogP) is 5.06. The van der Waals surface area contributed by atoms with Crippen molar-refractivity contribution in [2.24, 2.45) is 11.8 Å². The fraction of sp³-hybridized carbons (Fsp3) is 0.519. The third-order valence-corrected chi connectivity index (χ3v) is 10.0. The lowest BCUT2D eigenvalue weighted by Crippen LogP contribution is -2.49. The Morgan fingerprint density at radius 2 is 1.79 bits per heavy atom. The normalized spacial score (nSPS) is 27.6. The van der Waals surface area contributed by atoms with Crippen LogP contribution in [0, 0.1) is 11.8 Å². The Bertz CT molecular complexity index is 1190. The van der Waals surface area contributed by atoms with E-state index in [2.05, 4.69) is 4.90 Å². The summed E-state index contributed by atoms with van der Waals surface area (Å²) in [5, 5.41) is 0.329. The zero-order valence-corrected chi connectivity index (χ0v) is 20.2. The quantitative estimate of drug-likeness (QED) is 0.619. The number of carbonyl (C=O) groups is 1. The Hall–Kier alpha value is -2.34. The molecule has 1 amide bonds. The molecule has 1 saturated carbocycles. The molecule has 6 heteroatoms. The molecular formula is C27H34N2O3S. The van der Waals surface area contributed by atoms with E-state index in [9.17, 15) is 13.2 Å². The van der Waals surface area contributed by atoms with Crippen molar-refractivity contribution in [3.63, 3.8) is 0 Å². The van der Waals surface area contributed by atoms with E-state index in [0.717, 1.165) is 30.3 Å². The maximum atomic E-state index is 13.6. The number of likely N-dealkylation sites (tertiary alicyclic amines) is 1. The molecule has 0 N–H and O–H groups in total. The van der Waals surface area contributed by atoms with Crippen LogP contribution in [0.5, 0.6) is 0 Å². The van der Waals surface area contributed by atoms with E-state index >= 15 is 0 Å². The average Bonchev–Trinajstić information content (AvgIpc) is 3.22. The van der Waals surface area contributed by atoms with Gasteiger partial charge in [0.25, 0.3) is 0 Å². The van der Waals surface area contributed by atoms with Crippen molar-refractivity contribution in [2.75, 3.05) is 6.54 Å². The summed E-state index contributed by atoms with van der Waals surface area (Å²) >= 11 is 0. The molecule has 2 aromatic rings. The Kier molecular flexibility index (Phi) is 6.21. The highest BCUT2D eigenvalue weighted by molar-refractivity contribution is 7.90. The highest BCUT2D eigenvalue weighted by atomic mass is 32.2. The number of benzene rings is 1. The molecule has 33 heavy (non-hydrogen) atoms. The van der Waals surface area contributed by atoms with Crippen molar-refractivity contribution in [1.82, 2.24) is 8.87 Å². The number of rotatable bonds is 5. The molecule has 2 heterocycles. The number of carbonyl (C=O) groups excluding carboxylic acids is 1. The monoisotopic (exact) mass is 466 g/mol. The van der Waals surface area contributed by atoms with Gasteiger partial charge in [0.1, 0.15) is 5.25 Å². The number of allylic oxidation sites excluding steroid dienone is 3. The van der Waals surface area contributed by atoms with Crippen LogP contribution in [0.4, 0.5) is 0 Å². The van der Waals surface area contributed by atoms with Crippen molar-refractivity contribution in [2.45, 2.75) is 69.6 Å². The molecule has 2 aliphatic carbocycles. The van der Waals surface area contributed by atoms with Crippen LogP contribution in [-0.4, -0.2) is 41.0 Å². The predicted molar refractivity (Wildman–Crippen MR) is 133 cm³/mol. The van der Waals surface area contributed by atoms with Crippen molar-refractivity contribution >= 4 is 26.8 Å². The van der Waals surface area contributed by atoms with Gasteiger partial charge in [-0.25, -0.2) is 12.4 Å². The highest BCUT2D eigenvalue weighted by Gasteiger charge is 2.36. The summed E-state index contributed by atoms with van der Waals surface area (Å²) in [6.07, 6.45) is 17.4. The number of nitrogens with zero attached hydrogens (tertiary/aromatic N) is 2. The van der Waals surface area contributed by atoms with Crippen LogP contribution in [0.15, 0.2) is 54.8 Å². The molecule has 1 aliphatic heterocycles. The average molecular weight is 467 g/mol. The molecule has 0 spiro atoms. The number of hydrogen-bond donors (Lipinski definition) is 0. The minimum absolute atomic E-state index is 0.0891. The number of piperidine rings is 1. The SMILES string of the molecule is CC1C=CC=CC1S(=O)(=O)n1cc(CCC(=O)N2CCCC3CCCCC32)c2ccccc21. The molecule has 0 radical (unpaired) electrons.